The molecule has 1 saturated heterocycles. The summed E-state index contributed by atoms with van der Waals surface area (Å²) in [4.78, 5) is 13.3. The van der Waals surface area contributed by atoms with Crippen LogP contribution >= 0.6 is 23.2 Å². The zero-order valence-corrected chi connectivity index (χ0v) is 10.3. The second-order valence-electron chi connectivity index (χ2n) is 3.62. The van der Waals surface area contributed by atoms with Gasteiger partial charge < -0.3 is 9.64 Å². The summed E-state index contributed by atoms with van der Waals surface area (Å²) in [6.07, 6.45) is 0.368. The van der Waals surface area contributed by atoms with Gasteiger partial charge in [-0.3, -0.25) is 4.79 Å². The summed E-state index contributed by atoms with van der Waals surface area (Å²) in [5, 5.41) is 0.447. The number of carbonyl (C=O) groups is 1. The largest absolute Gasteiger partial charge is 0.495 e. The lowest BCUT2D eigenvalue weighted by atomic mass is 10.2. The highest BCUT2D eigenvalue weighted by molar-refractivity contribution is 6.31. The number of halogens is 2. The van der Waals surface area contributed by atoms with Crippen molar-refractivity contribution in [2.24, 2.45) is 0 Å². The Balaban J connectivity index is 2.36. The molecule has 0 bridgehead atoms. The highest BCUT2D eigenvalue weighted by atomic mass is 35.5. The van der Waals surface area contributed by atoms with Gasteiger partial charge in [0.2, 0.25) is 5.91 Å². The van der Waals surface area contributed by atoms with Gasteiger partial charge in [0.25, 0.3) is 0 Å². The van der Waals surface area contributed by atoms with Gasteiger partial charge in [-0.2, -0.15) is 0 Å². The second kappa shape index (κ2) is 4.52. The van der Waals surface area contributed by atoms with E-state index in [4.69, 9.17) is 27.9 Å². The molecule has 0 saturated carbocycles. The molecule has 16 heavy (non-hydrogen) atoms. The number of nitrogens with zero attached hydrogens (tertiary/aromatic N) is 1. The van der Waals surface area contributed by atoms with Crippen LogP contribution in [0.1, 0.15) is 6.42 Å². The van der Waals surface area contributed by atoms with Crippen molar-refractivity contribution >= 4 is 34.8 Å². The summed E-state index contributed by atoms with van der Waals surface area (Å²) >= 11 is 11.8. The normalized spacial score (nSPS) is 20.3. The number of methoxy groups -OCH3 is 1. The summed E-state index contributed by atoms with van der Waals surface area (Å²) < 4.78 is 5.20. The molecule has 1 aliphatic rings. The van der Waals surface area contributed by atoms with E-state index >= 15 is 0 Å². The number of amides is 1. The van der Waals surface area contributed by atoms with Crippen LogP contribution in [0.2, 0.25) is 5.02 Å². The van der Waals surface area contributed by atoms with Crippen molar-refractivity contribution in [1.29, 1.82) is 0 Å². The number of hydrogen-bond donors (Lipinski definition) is 0. The molecule has 86 valence electrons. The van der Waals surface area contributed by atoms with Crippen LogP contribution in [0.15, 0.2) is 18.2 Å². The average molecular weight is 260 g/mol. The minimum Gasteiger partial charge on any atom is -0.495 e. The molecule has 0 spiro atoms. The van der Waals surface area contributed by atoms with Crippen LogP contribution in [0.3, 0.4) is 0 Å². The molecule has 0 N–H and O–H groups in total. The Kier molecular flexibility index (Phi) is 3.26. The zero-order chi connectivity index (χ0) is 11.7. The Hall–Kier alpha value is -0.930. The van der Waals surface area contributed by atoms with Gasteiger partial charge >= 0.3 is 0 Å². The molecule has 5 heteroatoms. The lowest BCUT2D eigenvalue weighted by Crippen LogP contribution is -2.25. The van der Waals surface area contributed by atoms with Gasteiger partial charge in [-0.15, -0.1) is 11.6 Å². The first-order valence-electron chi connectivity index (χ1n) is 4.90. The van der Waals surface area contributed by atoms with Gasteiger partial charge in [0.1, 0.15) is 5.75 Å². The van der Waals surface area contributed by atoms with Crippen LogP contribution in [0, 0.1) is 0 Å². The number of rotatable bonds is 2. The first kappa shape index (κ1) is 11.6. The zero-order valence-electron chi connectivity index (χ0n) is 8.74. The fourth-order valence-electron chi connectivity index (χ4n) is 1.77. The summed E-state index contributed by atoms with van der Waals surface area (Å²) in [6.45, 7) is 0.512. The van der Waals surface area contributed by atoms with E-state index in [1.165, 1.54) is 0 Å². The Labute approximate surface area is 104 Å². The van der Waals surface area contributed by atoms with E-state index in [9.17, 15) is 4.79 Å². The quantitative estimate of drug-likeness (QED) is 0.765. The molecule has 1 atom stereocenters. The van der Waals surface area contributed by atoms with Crippen molar-refractivity contribution in [3.05, 3.63) is 23.2 Å². The molecule has 1 unspecified atom stereocenters. The number of anilines is 1. The maximum Gasteiger partial charge on any atom is 0.228 e. The third-order valence-electron chi connectivity index (χ3n) is 2.51. The molecule has 3 nitrogen and oxygen atoms in total. The monoisotopic (exact) mass is 259 g/mol. The minimum absolute atomic E-state index is 0.0145. The lowest BCUT2D eigenvalue weighted by Gasteiger charge is -2.19. The van der Waals surface area contributed by atoms with E-state index in [0.717, 1.165) is 5.69 Å². The number of benzene rings is 1. The van der Waals surface area contributed by atoms with Crippen LogP contribution < -0.4 is 9.64 Å². The summed E-state index contributed by atoms with van der Waals surface area (Å²) in [6, 6.07) is 5.19. The highest BCUT2D eigenvalue weighted by Gasteiger charge is 2.30. The molecule has 1 heterocycles. The van der Waals surface area contributed by atoms with E-state index in [1.54, 1.807) is 30.2 Å². The fourth-order valence-corrected chi connectivity index (χ4v) is 2.20. The number of hydrogen-bond acceptors (Lipinski definition) is 2. The molecule has 1 aromatic carbocycles. The molecule has 2 rings (SSSR count). The van der Waals surface area contributed by atoms with E-state index in [2.05, 4.69) is 0 Å². The van der Waals surface area contributed by atoms with Gasteiger partial charge in [0.05, 0.1) is 18.2 Å². The van der Waals surface area contributed by atoms with Gasteiger partial charge in [0.15, 0.2) is 0 Å². The van der Waals surface area contributed by atoms with Crippen molar-refractivity contribution in [1.82, 2.24) is 0 Å². The maximum atomic E-state index is 11.7. The predicted octanol–water partition coefficient (Wildman–Crippen LogP) is 2.69. The third-order valence-corrected chi connectivity index (χ3v) is 3.04. The van der Waals surface area contributed by atoms with Crippen LogP contribution in [-0.4, -0.2) is 24.9 Å². The number of ether oxygens (including phenoxy) is 1. The van der Waals surface area contributed by atoms with Gasteiger partial charge in [0, 0.05) is 24.1 Å². The molecule has 0 aliphatic carbocycles. The standard InChI is InChI=1S/C11H11Cl2NO2/c1-16-10-4-7(12)2-3-9(10)14-6-8(13)5-11(14)15/h2-4,8H,5-6H2,1H3. The van der Waals surface area contributed by atoms with Crippen molar-refractivity contribution in [3.63, 3.8) is 0 Å². The average Bonchev–Trinajstić information content (AvgIpc) is 2.57. The second-order valence-corrected chi connectivity index (χ2v) is 4.68. The maximum absolute atomic E-state index is 11.7. The summed E-state index contributed by atoms with van der Waals surface area (Å²) in [5.41, 5.74) is 0.722. The van der Waals surface area contributed by atoms with E-state index in [1.807, 2.05) is 0 Å². The third kappa shape index (κ3) is 2.11. The Bertz CT molecular complexity index is 422. The molecule has 0 radical (unpaired) electrons. The summed E-state index contributed by atoms with van der Waals surface area (Å²) in [7, 11) is 1.55. The first-order chi connectivity index (χ1) is 7.61. The van der Waals surface area contributed by atoms with Crippen LogP contribution in [-0.2, 0) is 4.79 Å². The smallest absolute Gasteiger partial charge is 0.228 e. The molecular formula is C11H11Cl2NO2. The van der Waals surface area contributed by atoms with Crippen molar-refractivity contribution < 1.29 is 9.53 Å². The number of carbonyl (C=O) groups excluding carboxylic acids is 1. The van der Waals surface area contributed by atoms with Crippen LogP contribution in [0.25, 0.3) is 0 Å². The van der Waals surface area contributed by atoms with E-state index < -0.39 is 0 Å². The van der Waals surface area contributed by atoms with Gasteiger partial charge in [-0.05, 0) is 12.1 Å². The first-order valence-corrected chi connectivity index (χ1v) is 5.71. The Morgan fingerprint density at radius 2 is 2.25 bits per heavy atom. The van der Waals surface area contributed by atoms with Crippen LogP contribution in [0.4, 0.5) is 5.69 Å². The fraction of sp³-hybridized carbons (Fsp3) is 0.364. The molecule has 1 fully saturated rings. The van der Waals surface area contributed by atoms with Crippen molar-refractivity contribution in [3.8, 4) is 5.75 Å². The highest BCUT2D eigenvalue weighted by Crippen LogP contribution is 2.34. The molecule has 1 amide bonds. The van der Waals surface area contributed by atoms with Crippen molar-refractivity contribution in [2.45, 2.75) is 11.8 Å². The lowest BCUT2D eigenvalue weighted by molar-refractivity contribution is -0.117. The molecule has 1 aliphatic heterocycles. The Morgan fingerprint density at radius 1 is 1.50 bits per heavy atom. The minimum atomic E-state index is -0.132. The number of alkyl halides is 1. The summed E-state index contributed by atoms with van der Waals surface area (Å²) in [5.74, 6) is 0.604. The Morgan fingerprint density at radius 3 is 2.81 bits per heavy atom. The van der Waals surface area contributed by atoms with Crippen molar-refractivity contribution in [2.75, 3.05) is 18.6 Å². The van der Waals surface area contributed by atoms with E-state index in [0.29, 0.717) is 23.7 Å². The molecular weight excluding hydrogens is 249 g/mol. The van der Waals surface area contributed by atoms with Gasteiger partial charge in [-0.1, -0.05) is 11.6 Å². The van der Waals surface area contributed by atoms with E-state index in [-0.39, 0.29) is 11.3 Å². The van der Waals surface area contributed by atoms with Gasteiger partial charge in [-0.25, -0.2) is 0 Å². The molecule has 0 aromatic heterocycles. The topological polar surface area (TPSA) is 29.5 Å². The SMILES string of the molecule is COc1cc(Cl)ccc1N1CC(Cl)CC1=O. The molecule has 1 aromatic rings. The predicted molar refractivity (Wildman–Crippen MR) is 64.6 cm³/mol. The van der Waals surface area contributed by atoms with Crippen LogP contribution in [0.5, 0.6) is 5.75 Å².